The fraction of sp³-hybridized carbons (Fsp3) is 1.00. The molecule has 1 atom stereocenters. The lowest BCUT2D eigenvalue weighted by Gasteiger charge is -2.18. The Morgan fingerprint density at radius 3 is 2.40 bits per heavy atom. The van der Waals surface area contributed by atoms with Crippen LogP contribution in [0.3, 0.4) is 0 Å². The third-order valence-corrected chi connectivity index (χ3v) is 2.47. The van der Waals surface area contributed by atoms with E-state index in [1.54, 1.807) is 0 Å². The summed E-state index contributed by atoms with van der Waals surface area (Å²) in [5.74, 6) is 0.901. The molecule has 0 aromatic carbocycles. The van der Waals surface area contributed by atoms with Gasteiger partial charge in [-0.25, -0.2) is 0 Å². The number of nitrogens with zero attached hydrogens (tertiary/aromatic N) is 1. The predicted molar refractivity (Wildman–Crippen MR) is 45.1 cm³/mol. The van der Waals surface area contributed by atoms with Gasteiger partial charge in [-0.2, -0.15) is 0 Å². The van der Waals surface area contributed by atoms with Gasteiger partial charge in [0.1, 0.15) is 0 Å². The van der Waals surface area contributed by atoms with Crippen LogP contribution in [0.4, 0.5) is 0 Å². The summed E-state index contributed by atoms with van der Waals surface area (Å²) in [5.41, 5.74) is 0. The Hall–Kier alpha value is -0.0400. The van der Waals surface area contributed by atoms with Gasteiger partial charge in [0.25, 0.3) is 0 Å². The zero-order valence-electron chi connectivity index (χ0n) is 7.27. The number of hydrogen-bond donors (Lipinski definition) is 0. The molecule has 0 aromatic rings. The average Bonchev–Trinajstić information content (AvgIpc) is 2.40. The molecule has 1 heteroatoms. The summed E-state index contributed by atoms with van der Waals surface area (Å²) in [6, 6.07) is 0. The average molecular weight is 141 g/mol. The van der Waals surface area contributed by atoms with Gasteiger partial charge in [-0.05, 0) is 31.8 Å². The van der Waals surface area contributed by atoms with E-state index >= 15 is 0 Å². The van der Waals surface area contributed by atoms with Crippen molar-refractivity contribution in [2.24, 2.45) is 5.92 Å². The van der Waals surface area contributed by atoms with Crippen LogP contribution in [-0.4, -0.2) is 24.5 Å². The highest BCUT2D eigenvalue weighted by molar-refractivity contribution is 4.67. The summed E-state index contributed by atoms with van der Waals surface area (Å²) in [4.78, 5) is 2.59. The van der Waals surface area contributed by atoms with Crippen molar-refractivity contribution in [2.75, 3.05) is 19.6 Å². The fourth-order valence-electron chi connectivity index (χ4n) is 1.54. The topological polar surface area (TPSA) is 3.24 Å². The predicted octanol–water partition coefficient (Wildman–Crippen LogP) is 2.13. The molecule has 0 radical (unpaired) electrons. The first kappa shape index (κ1) is 8.06. The van der Waals surface area contributed by atoms with Crippen LogP contribution in [0, 0.1) is 5.92 Å². The third kappa shape index (κ3) is 2.30. The molecular formula is C9H19N. The first-order chi connectivity index (χ1) is 4.83. The van der Waals surface area contributed by atoms with Crippen LogP contribution in [0.1, 0.15) is 33.1 Å². The molecule has 1 nitrogen and oxygen atoms in total. The maximum Gasteiger partial charge on any atom is 0.000692 e. The van der Waals surface area contributed by atoms with E-state index in [0.29, 0.717) is 0 Å². The van der Waals surface area contributed by atoms with Crippen LogP contribution >= 0.6 is 0 Å². The minimum absolute atomic E-state index is 0.901. The van der Waals surface area contributed by atoms with Gasteiger partial charge in [-0.1, -0.05) is 20.3 Å². The maximum absolute atomic E-state index is 2.59. The molecule has 1 rings (SSSR count). The first-order valence-electron chi connectivity index (χ1n) is 4.55. The van der Waals surface area contributed by atoms with E-state index in [1.165, 1.54) is 38.9 Å². The number of likely N-dealkylation sites (tertiary alicyclic amines) is 1. The van der Waals surface area contributed by atoms with Gasteiger partial charge in [0.2, 0.25) is 0 Å². The molecule has 0 unspecified atom stereocenters. The molecule has 0 saturated carbocycles. The molecule has 1 heterocycles. The first-order valence-corrected chi connectivity index (χ1v) is 4.55. The lowest BCUT2D eigenvalue weighted by Crippen LogP contribution is -2.24. The van der Waals surface area contributed by atoms with Crippen molar-refractivity contribution in [1.29, 1.82) is 0 Å². The normalized spacial score (nSPS) is 23.4. The molecule has 0 amide bonds. The quantitative estimate of drug-likeness (QED) is 0.582. The molecule has 1 aliphatic heterocycles. The van der Waals surface area contributed by atoms with Gasteiger partial charge < -0.3 is 4.90 Å². The Bertz CT molecular complexity index is 84.7. The van der Waals surface area contributed by atoms with Gasteiger partial charge in [-0.15, -0.1) is 0 Å². The largest absolute Gasteiger partial charge is 0.303 e. The van der Waals surface area contributed by atoms with Gasteiger partial charge in [0, 0.05) is 6.54 Å². The Labute approximate surface area is 64.4 Å². The standard InChI is InChI=1S/C9H19N/c1-3-9(2)8-10-6-4-5-7-10/h9H,3-8H2,1-2H3/t9-/m1/s1. The van der Waals surface area contributed by atoms with Crippen molar-refractivity contribution in [3.05, 3.63) is 0 Å². The van der Waals surface area contributed by atoms with Crippen molar-refractivity contribution in [3.63, 3.8) is 0 Å². The molecule has 1 saturated heterocycles. The van der Waals surface area contributed by atoms with Crippen molar-refractivity contribution in [3.8, 4) is 0 Å². The highest BCUT2D eigenvalue weighted by Crippen LogP contribution is 2.11. The van der Waals surface area contributed by atoms with Gasteiger partial charge in [-0.3, -0.25) is 0 Å². The van der Waals surface area contributed by atoms with E-state index < -0.39 is 0 Å². The van der Waals surface area contributed by atoms with E-state index in [1.807, 2.05) is 0 Å². The molecule has 0 spiro atoms. The summed E-state index contributed by atoms with van der Waals surface area (Å²) in [5, 5.41) is 0. The molecule has 0 bridgehead atoms. The SMILES string of the molecule is CC[C@@H](C)CN1CCCC1. The van der Waals surface area contributed by atoms with Gasteiger partial charge >= 0.3 is 0 Å². The molecule has 1 aliphatic rings. The molecule has 10 heavy (non-hydrogen) atoms. The van der Waals surface area contributed by atoms with Crippen molar-refractivity contribution >= 4 is 0 Å². The van der Waals surface area contributed by atoms with E-state index in [9.17, 15) is 0 Å². The summed E-state index contributed by atoms with van der Waals surface area (Å²) < 4.78 is 0. The fourth-order valence-corrected chi connectivity index (χ4v) is 1.54. The van der Waals surface area contributed by atoms with Crippen LogP contribution in [0.15, 0.2) is 0 Å². The van der Waals surface area contributed by atoms with Crippen LogP contribution < -0.4 is 0 Å². The van der Waals surface area contributed by atoms with Crippen LogP contribution in [-0.2, 0) is 0 Å². The molecule has 0 aliphatic carbocycles. The Balaban J connectivity index is 2.11. The minimum Gasteiger partial charge on any atom is -0.303 e. The molecule has 0 N–H and O–H groups in total. The van der Waals surface area contributed by atoms with E-state index in [2.05, 4.69) is 18.7 Å². The zero-order chi connectivity index (χ0) is 7.40. The lowest BCUT2D eigenvalue weighted by molar-refractivity contribution is 0.284. The van der Waals surface area contributed by atoms with Crippen LogP contribution in [0.2, 0.25) is 0 Å². The minimum atomic E-state index is 0.901. The number of hydrogen-bond acceptors (Lipinski definition) is 1. The third-order valence-electron chi connectivity index (χ3n) is 2.47. The summed E-state index contributed by atoms with van der Waals surface area (Å²) in [6.07, 6.45) is 4.18. The lowest BCUT2D eigenvalue weighted by atomic mass is 10.1. The highest BCUT2D eigenvalue weighted by Gasteiger charge is 2.12. The number of rotatable bonds is 3. The smallest absolute Gasteiger partial charge is 0.000692 e. The second-order valence-corrected chi connectivity index (χ2v) is 3.52. The second kappa shape index (κ2) is 3.97. The van der Waals surface area contributed by atoms with Gasteiger partial charge in [0.15, 0.2) is 0 Å². The zero-order valence-corrected chi connectivity index (χ0v) is 7.27. The van der Waals surface area contributed by atoms with Crippen molar-refractivity contribution in [1.82, 2.24) is 4.90 Å². The van der Waals surface area contributed by atoms with Crippen LogP contribution in [0.25, 0.3) is 0 Å². The molecular weight excluding hydrogens is 122 g/mol. The van der Waals surface area contributed by atoms with E-state index in [4.69, 9.17) is 0 Å². The Kier molecular flexibility index (Phi) is 3.20. The van der Waals surface area contributed by atoms with Gasteiger partial charge in [0.05, 0.1) is 0 Å². The molecule has 1 fully saturated rings. The Morgan fingerprint density at radius 1 is 1.30 bits per heavy atom. The monoisotopic (exact) mass is 141 g/mol. The molecule has 0 aromatic heterocycles. The summed E-state index contributed by atoms with van der Waals surface area (Å²) >= 11 is 0. The van der Waals surface area contributed by atoms with E-state index in [-0.39, 0.29) is 0 Å². The summed E-state index contributed by atoms with van der Waals surface area (Å²) in [6.45, 7) is 8.66. The summed E-state index contributed by atoms with van der Waals surface area (Å²) in [7, 11) is 0. The van der Waals surface area contributed by atoms with Crippen molar-refractivity contribution < 1.29 is 0 Å². The Morgan fingerprint density at radius 2 is 1.90 bits per heavy atom. The second-order valence-electron chi connectivity index (χ2n) is 3.52. The highest BCUT2D eigenvalue weighted by atomic mass is 15.1. The maximum atomic E-state index is 2.59. The van der Waals surface area contributed by atoms with E-state index in [0.717, 1.165) is 5.92 Å². The molecule has 60 valence electrons. The van der Waals surface area contributed by atoms with Crippen LogP contribution in [0.5, 0.6) is 0 Å². The van der Waals surface area contributed by atoms with Crippen molar-refractivity contribution in [2.45, 2.75) is 33.1 Å².